The summed E-state index contributed by atoms with van der Waals surface area (Å²) < 4.78 is 7.21. The molecule has 1 fully saturated rings. The van der Waals surface area contributed by atoms with Crippen LogP contribution in [0.25, 0.3) is 22.2 Å². The molecule has 4 aromatic rings. The monoisotopic (exact) mass is 470 g/mol. The van der Waals surface area contributed by atoms with Gasteiger partial charge >= 0.3 is 0 Å². The molecule has 0 radical (unpaired) electrons. The summed E-state index contributed by atoms with van der Waals surface area (Å²) >= 11 is 13.4. The molecule has 0 unspecified atom stereocenters. The Morgan fingerprint density at radius 3 is 2.59 bits per heavy atom. The highest BCUT2D eigenvalue weighted by Crippen LogP contribution is 2.45. The van der Waals surface area contributed by atoms with Gasteiger partial charge in [-0.15, -0.1) is 0 Å². The zero-order valence-electron chi connectivity index (χ0n) is 17.9. The van der Waals surface area contributed by atoms with Crippen LogP contribution in [-0.2, 0) is 12.6 Å². The van der Waals surface area contributed by atoms with Gasteiger partial charge in [-0.1, -0.05) is 41.4 Å². The molecule has 2 aromatic heterocycles. The average molecular weight is 471 g/mol. The number of halogens is 2. The van der Waals surface area contributed by atoms with Crippen molar-refractivity contribution in [3.63, 3.8) is 0 Å². The predicted molar refractivity (Wildman–Crippen MR) is 129 cm³/mol. The number of methoxy groups -OCH3 is 1. The first-order valence-corrected chi connectivity index (χ1v) is 11.2. The zero-order valence-corrected chi connectivity index (χ0v) is 19.4. The van der Waals surface area contributed by atoms with Crippen molar-refractivity contribution in [2.24, 2.45) is 12.8 Å². The molecule has 7 nitrogen and oxygen atoms in total. The summed E-state index contributed by atoms with van der Waals surface area (Å²) in [6.07, 6.45) is 3.32. The quantitative estimate of drug-likeness (QED) is 0.450. The Kier molecular flexibility index (Phi) is 5.28. The van der Waals surface area contributed by atoms with Crippen LogP contribution in [0.5, 0.6) is 5.75 Å². The van der Waals surface area contributed by atoms with Crippen LogP contribution < -0.4 is 15.4 Å². The third-order valence-corrected chi connectivity index (χ3v) is 7.18. The first-order chi connectivity index (χ1) is 15.4. The number of rotatable bonds is 4. The maximum Gasteiger partial charge on any atom is 0.136 e. The van der Waals surface area contributed by atoms with Crippen molar-refractivity contribution in [2.75, 3.05) is 25.1 Å². The lowest BCUT2D eigenvalue weighted by Gasteiger charge is -2.41. The van der Waals surface area contributed by atoms with E-state index in [1.54, 1.807) is 18.0 Å². The van der Waals surface area contributed by atoms with E-state index in [2.05, 4.69) is 26.3 Å². The number of aromatic amines is 1. The van der Waals surface area contributed by atoms with E-state index in [4.69, 9.17) is 33.7 Å². The molecule has 1 aliphatic heterocycles. The van der Waals surface area contributed by atoms with E-state index in [1.807, 2.05) is 37.4 Å². The average Bonchev–Trinajstić information content (AvgIpc) is 3.42. The van der Waals surface area contributed by atoms with Gasteiger partial charge in [-0.25, -0.2) is 0 Å². The second kappa shape index (κ2) is 7.99. The van der Waals surface area contributed by atoms with Crippen LogP contribution in [0.3, 0.4) is 0 Å². The number of fused-ring (bicyclic) bond motifs is 1. The summed E-state index contributed by atoms with van der Waals surface area (Å²) in [7, 11) is 3.49. The number of nitrogens with zero attached hydrogens (tertiary/aromatic N) is 4. The fourth-order valence-corrected chi connectivity index (χ4v) is 5.29. The standard InChI is InChI=1S/C23H24Cl2N6O/c1-30-22(25)20-16(29-30)13-17(19(21(20)24)15-7-10-27-28-15)31-11-8-23(26,9-12-31)14-5-3-4-6-18(14)32-2/h3-7,10,13H,8-9,11-12,26H2,1-2H3,(H,27,28). The minimum Gasteiger partial charge on any atom is -0.496 e. The second-order valence-electron chi connectivity index (χ2n) is 8.20. The number of piperidine rings is 1. The molecule has 9 heteroatoms. The number of hydrogen-bond donors (Lipinski definition) is 2. The predicted octanol–water partition coefficient (Wildman–Crippen LogP) is 4.73. The summed E-state index contributed by atoms with van der Waals surface area (Å²) in [5.74, 6) is 0.827. The van der Waals surface area contributed by atoms with Gasteiger partial charge in [-0.05, 0) is 31.0 Å². The van der Waals surface area contributed by atoms with Gasteiger partial charge < -0.3 is 15.4 Å². The van der Waals surface area contributed by atoms with Crippen molar-refractivity contribution >= 4 is 39.8 Å². The van der Waals surface area contributed by atoms with Crippen molar-refractivity contribution in [1.29, 1.82) is 0 Å². The molecule has 0 atom stereocenters. The number of H-pyrrole nitrogens is 1. The van der Waals surface area contributed by atoms with E-state index in [1.165, 1.54) is 0 Å². The lowest BCUT2D eigenvalue weighted by molar-refractivity contribution is 0.321. The molecular formula is C23H24Cl2N6O. The van der Waals surface area contributed by atoms with E-state index in [0.717, 1.165) is 65.1 Å². The Balaban J connectivity index is 1.55. The lowest BCUT2D eigenvalue weighted by Crippen LogP contribution is -2.48. The molecule has 3 heterocycles. The lowest BCUT2D eigenvalue weighted by atomic mass is 9.81. The Bertz CT molecular complexity index is 1280. The van der Waals surface area contributed by atoms with Crippen LogP contribution in [0, 0.1) is 0 Å². The highest BCUT2D eigenvalue weighted by molar-refractivity contribution is 6.44. The summed E-state index contributed by atoms with van der Waals surface area (Å²) in [6, 6.07) is 11.9. The molecule has 2 aromatic carbocycles. The number of anilines is 1. The number of benzene rings is 2. The zero-order chi connectivity index (χ0) is 22.5. The van der Waals surface area contributed by atoms with Crippen molar-refractivity contribution in [2.45, 2.75) is 18.4 Å². The largest absolute Gasteiger partial charge is 0.496 e. The minimum absolute atomic E-state index is 0.461. The number of aryl methyl sites for hydroxylation is 1. The molecule has 5 rings (SSSR count). The number of ether oxygens (including phenoxy) is 1. The van der Waals surface area contributed by atoms with Crippen LogP contribution in [-0.4, -0.2) is 40.2 Å². The van der Waals surface area contributed by atoms with E-state index in [-0.39, 0.29) is 0 Å². The third kappa shape index (κ3) is 3.32. The molecular weight excluding hydrogens is 447 g/mol. The first-order valence-electron chi connectivity index (χ1n) is 10.4. The van der Waals surface area contributed by atoms with Gasteiger partial charge in [-0.2, -0.15) is 10.2 Å². The number of para-hydroxylation sites is 1. The van der Waals surface area contributed by atoms with Crippen molar-refractivity contribution < 1.29 is 4.74 Å². The van der Waals surface area contributed by atoms with Gasteiger partial charge in [0.05, 0.1) is 28.7 Å². The SMILES string of the molecule is COc1ccccc1C1(N)CCN(c2cc3nn(C)c(Cl)c3c(Cl)c2-c2cc[nH]n2)CC1. The normalized spacial score (nSPS) is 16.0. The minimum atomic E-state index is -0.461. The molecule has 0 aliphatic carbocycles. The molecule has 3 N–H and O–H groups in total. The summed E-state index contributed by atoms with van der Waals surface area (Å²) in [5.41, 5.74) is 10.8. The summed E-state index contributed by atoms with van der Waals surface area (Å²) in [4.78, 5) is 2.30. The highest BCUT2D eigenvalue weighted by atomic mass is 35.5. The van der Waals surface area contributed by atoms with Crippen LogP contribution in [0.1, 0.15) is 18.4 Å². The fourth-order valence-electron chi connectivity index (χ4n) is 4.63. The van der Waals surface area contributed by atoms with Crippen LogP contribution in [0.4, 0.5) is 5.69 Å². The molecule has 1 aliphatic rings. The Hall–Kier alpha value is -2.74. The van der Waals surface area contributed by atoms with Crippen LogP contribution >= 0.6 is 23.2 Å². The Labute approximate surface area is 196 Å². The number of nitrogens with one attached hydrogen (secondary N) is 1. The Morgan fingerprint density at radius 1 is 1.16 bits per heavy atom. The molecule has 0 amide bonds. The molecule has 166 valence electrons. The van der Waals surface area contributed by atoms with Gasteiger partial charge in [-0.3, -0.25) is 9.78 Å². The van der Waals surface area contributed by atoms with E-state index >= 15 is 0 Å². The van der Waals surface area contributed by atoms with Crippen LogP contribution in [0.2, 0.25) is 10.2 Å². The molecule has 0 bridgehead atoms. The summed E-state index contributed by atoms with van der Waals surface area (Å²) in [5, 5.41) is 13.6. The van der Waals surface area contributed by atoms with E-state index in [9.17, 15) is 0 Å². The van der Waals surface area contributed by atoms with Crippen molar-refractivity contribution in [3.8, 4) is 17.0 Å². The fraction of sp³-hybridized carbons (Fsp3) is 0.304. The number of aromatic nitrogens is 4. The maximum absolute atomic E-state index is 6.91. The van der Waals surface area contributed by atoms with Crippen molar-refractivity contribution in [1.82, 2.24) is 20.0 Å². The number of nitrogens with two attached hydrogens (primary N) is 1. The topological polar surface area (TPSA) is 85.0 Å². The first kappa shape index (κ1) is 21.1. The van der Waals surface area contributed by atoms with Gasteiger partial charge in [0, 0.05) is 48.7 Å². The molecule has 0 saturated carbocycles. The van der Waals surface area contributed by atoms with Gasteiger partial charge in [0.15, 0.2) is 0 Å². The smallest absolute Gasteiger partial charge is 0.136 e. The van der Waals surface area contributed by atoms with Crippen molar-refractivity contribution in [3.05, 3.63) is 58.3 Å². The highest BCUT2D eigenvalue weighted by Gasteiger charge is 2.36. The van der Waals surface area contributed by atoms with E-state index < -0.39 is 5.54 Å². The maximum atomic E-state index is 6.91. The number of hydrogen-bond acceptors (Lipinski definition) is 5. The van der Waals surface area contributed by atoms with Crippen LogP contribution in [0.15, 0.2) is 42.6 Å². The molecule has 0 spiro atoms. The summed E-state index contributed by atoms with van der Waals surface area (Å²) in [6.45, 7) is 1.52. The van der Waals surface area contributed by atoms with Gasteiger partial charge in [0.25, 0.3) is 0 Å². The second-order valence-corrected chi connectivity index (χ2v) is 8.93. The Morgan fingerprint density at radius 2 is 1.91 bits per heavy atom. The van der Waals surface area contributed by atoms with Gasteiger partial charge in [0.2, 0.25) is 0 Å². The molecule has 32 heavy (non-hydrogen) atoms. The molecule has 1 saturated heterocycles. The van der Waals surface area contributed by atoms with E-state index in [0.29, 0.717) is 10.2 Å². The third-order valence-electron chi connectivity index (χ3n) is 6.37. The van der Waals surface area contributed by atoms with Gasteiger partial charge in [0.1, 0.15) is 10.9 Å².